The number of piperazine rings is 1. The van der Waals surface area contributed by atoms with Gasteiger partial charge in [0.15, 0.2) is 0 Å². The van der Waals surface area contributed by atoms with Gasteiger partial charge in [-0.2, -0.15) is 0 Å². The van der Waals surface area contributed by atoms with E-state index in [9.17, 15) is 4.79 Å². The van der Waals surface area contributed by atoms with Gasteiger partial charge in [-0.15, -0.1) is 0 Å². The van der Waals surface area contributed by atoms with Crippen LogP contribution in [0.2, 0.25) is 0 Å². The summed E-state index contributed by atoms with van der Waals surface area (Å²) in [4.78, 5) is 22.9. The highest BCUT2D eigenvalue weighted by molar-refractivity contribution is 5.95. The Kier molecular flexibility index (Phi) is 4.04. The van der Waals surface area contributed by atoms with Gasteiger partial charge in [-0.05, 0) is 26.1 Å². The Morgan fingerprint density at radius 3 is 2.79 bits per heavy atom. The standard InChI is InChI=1S/C14H22N4O/c1-11-10-17(4)7-8-18(11)14(19)12-5-6-15-13(9-12)16(2)3/h5-6,9,11H,7-8,10H2,1-4H3/t11-/m1/s1. The lowest BCUT2D eigenvalue weighted by Crippen LogP contribution is -2.52. The van der Waals surface area contributed by atoms with E-state index < -0.39 is 0 Å². The molecule has 0 radical (unpaired) electrons. The molecule has 1 aromatic heterocycles. The molecule has 1 saturated heterocycles. The van der Waals surface area contributed by atoms with Crippen LogP contribution in [0.4, 0.5) is 5.82 Å². The third-order valence-electron chi connectivity index (χ3n) is 3.54. The summed E-state index contributed by atoms with van der Waals surface area (Å²) in [6.07, 6.45) is 1.70. The topological polar surface area (TPSA) is 39.7 Å². The van der Waals surface area contributed by atoms with E-state index in [4.69, 9.17) is 0 Å². The first-order chi connectivity index (χ1) is 8.99. The summed E-state index contributed by atoms with van der Waals surface area (Å²) in [6, 6.07) is 3.90. The molecule has 2 heterocycles. The first kappa shape index (κ1) is 13.8. The van der Waals surface area contributed by atoms with Crippen molar-refractivity contribution in [3.05, 3.63) is 23.9 Å². The Hall–Kier alpha value is -1.62. The summed E-state index contributed by atoms with van der Waals surface area (Å²) < 4.78 is 0. The molecule has 0 unspecified atom stereocenters. The number of anilines is 1. The van der Waals surface area contributed by atoms with Crippen molar-refractivity contribution in [2.45, 2.75) is 13.0 Å². The number of hydrogen-bond acceptors (Lipinski definition) is 4. The molecule has 19 heavy (non-hydrogen) atoms. The third-order valence-corrected chi connectivity index (χ3v) is 3.54. The van der Waals surface area contributed by atoms with Crippen LogP contribution in [-0.2, 0) is 0 Å². The average molecular weight is 262 g/mol. The second kappa shape index (κ2) is 5.57. The molecule has 1 aliphatic rings. The largest absolute Gasteiger partial charge is 0.363 e. The van der Waals surface area contributed by atoms with Gasteiger partial charge < -0.3 is 14.7 Å². The Labute approximate surface area is 114 Å². The predicted molar refractivity (Wildman–Crippen MR) is 76.6 cm³/mol. The molecule has 0 aliphatic carbocycles. The van der Waals surface area contributed by atoms with Crippen molar-refractivity contribution >= 4 is 11.7 Å². The minimum Gasteiger partial charge on any atom is -0.363 e. The fraction of sp³-hybridized carbons (Fsp3) is 0.571. The van der Waals surface area contributed by atoms with Crippen LogP contribution in [0, 0.1) is 0 Å². The van der Waals surface area contributed by atoms with Gasteiger partial charge in [0, 0.05) is 51.5 Å². The van der Waals surface area contributed by atoms with Crippen LogP contribution in [0.1, 0.15) is 17.3 Å². The Balaban J connectivity index is 2.17. The van der Waals surface area contributed by atoms with Crippen molar-refractivity contribution in [3.63, 3.8) is 0 Å². The Morgan fingerprint density at radius 1 is 1.42 bits per heavy atom. The summed E-state index contributed by atoms with van der Waals surface area (Å²) in [5.74, 6) is 0.915. The molecule has 5 heteroatoms. The van der Waals surface area contributed by atoms with Crippen LogP contribution in [0.3, 0.4) is 0 Å². The highest BCUT2D eigenvalue weighted by atomic mass is 16.2. The minimum absolute atomic E-state index is 0.103. The highest BCUT2D eigenvalue weighted by Gasteiger charge is 2.26. The van der Waals surface area contributed by atoms with Gasteiger partial charge in [0.05, 0.1) is 0 Å². The molecule has 1 aliphatic heterocycles. The van der Waals surface area contributed by atoms with E-state index in [0.717, 1.165) is 31.0 Å². The molecule has 104 valence electrons. The molecule has 0 spiro atoms. The maximum absolute atomic E-state index is 12.6. The summed E-state index contributed by atoms with van der Waals surface area (Å²) in [7, 11) is 5.94. The summed E-state index contributed by atoms with van der Waals surface area (Å²) in [6.45, 7) is 4.75. The summed E-state index contributed by atoms with van der Waals surface area (Å²) in [5, 5.41) is 0. The van der Waals surface area contributed by atoms with Crippen molar-refractivity contribution in [2.75, 3.05) is 45.7 Å². The number of amides is 1. The SMILES string of the molecule is C[C@@H]1CN(C)CCN1C(=O)c1ccnc(N(C)C)c1. The van der Waals surface area contributed by atoms with E-state index in [1.807, 2.05) is 30.0 Å². The maximum Gasteiger partial charge on any atom is 0.254 e. The lowest BCUT2D eigenvalue weighted by molar-refractivity contribution is 0.0533. The molecule has 1 fully saturated rings. The smallest absolute Gasteiger partial charge is 0.254 e. The van der Waals surface area contributed by atoms with E-state index in [2.05, 4.69) is 23.9 Å². The van der Waals surface area contributed by atoms with E-state index in [0.29, 0.717) is 0 Å². The zero-order valence-corrected chi connectivity index (χ0v) is 12.1. The van der Waals surface area contributed by atoms with Gasteiger partial charge in [-0.1, -0.05) is 0 Å². The van der Waals surface area contributed by atoms with Gasteiger partial charge in [-0.25, -0.2) is 4.98 Å². The van der Waals surface area contributed by atoms with Crippen LogP contribution < -0.4 is 4.90 Å². The minimum atomic E-state index is 0.103. The third kappa shape index (κ3) is 3.04. The molecule has 1 amide bonds. The fourth-order valence-electron chi connectivity index (χ4n) is 2.40. The fourth-order valence-corrected chi connectivity index (χ4v) is 2.40. The quantitative estimate of drug-likeness (QED) is 0.795. The molecule has 0 N–H and O–H groups in total. The zero-order valence-electron chi connectivity index (χ0n) is 12.1. The number of pyridine rings is 1. The number of likely N-dealkylation sites (N-methyl/N-ethyl adjacent to an activating group) is 1. The number of nitrogens with zero attached hydrogens (tertiary/aromatic N) is 4. The molecule has 1 aromatic rings. The van der Waals surface area contributed by atoms with Gasteiger partial charge in [-0.3, -0.25) is 4.79 Å². The number of carbonyl (C=O) groups is 1. The van der Waals surface area contributed by atoms with E-state index in [1.54, 1.807) is 12.3 Å². The average Bonchev–Trinajstić information content (AvgIpc) is 2.38. The molecular formula is C14H22N4O. The first-order valence-electron chi connectivity index (χ1n) is 6.62. The number of carbonyl (C=O) groups excluding carboxylic acids is 1. The van der Waals surface area contributed by atoms with Gasteiger partial charge >= 0.3 is 0 Å². The van der Waals surface area contributed by atoms with Crippen LogP contribution in [0.5, 0.6) is 0 Å². The first-order valence-corrected chi connectivity index (χ1v) is 6.62. The zero-order chi connectivity index (χ0) is 14.0. The lowest BCUT2D eigenvalue weighted by Gasteiger charge is -2.38. The Morgan fingerprint density at radius 2 is 2.16 bits per heavy atom. The second-order valence-corrected chi connectivity index (χ2v) is 5.41. The number of rotatable bonds is 2. The van der Waals surface area contributed by atoms with Crippen molar-refractivity contribution in [3.8, 4) is 0 Å². The van der Waals surface area contributed by atoms with Crippen LogP contribution in [-0.4, -0.2) is 67.5 Å². The van der Waals surface area contributed by atoms with Crippen molar-refractivity contribution < 1.29 is 4.79 Å². The highest BCUT2D eigenvalue weighted by Crippen LogP contribution is 2.16. The van der Waals surface area contributed by atoms with Gasteiger partial charge in [0.2, 0.25) is 0 Å². The molecule has 0 bridgehead atoms. The Bertz CT molecular complexity index is 461. The number of aromatic nitrogens is 1. The molecule has 5 nitrogen and oxygen atoms in total. The maximum atomic E-state index is 12.6. The summed E-state index contributed by atoms with van der Waals surface area (Å²) >= 11 is 0. The van der Waals surface area contributed by atoms with Crippen molar-refractivity contribution in [1.29, 1.82) is 0 Å². The van der Waals surface area contributed by atoms with Crippen LogP contribution in [0.15, 0.2) is 18.3 Å². The molecule has 1 atom stereocenters. The monoisotopic (exact) mass is 262 g/mol. The summed E-state index contributed by atoms with van der Waals surface area (Å²) in [5.41, 5.74) is 0.718. The molecule has 2 rings (SSSR count). The number of hydrogen-bond donors (Lipinski definition) is 0. The molecule has 0 aromatic carbocycles. The van der Waals surface area contributed by atoms with Crippen LogP contribution in [0.25, 0.3) is 0 Å². The molecule has 0 saturated carbocycles. The molecular weight excluding hydrogens is 240 g/mol. The lowest BCUT2D eigenvalue weighted by atomic mass is 10.1. The van der Waals surface area contributed by atoms with Gasteiger partial charge in [0.25, 0.3) is 5.91 Å². The van der Waals surface area contributed by atoms with E-state index in [-0.39, 0.29) is 11.9 Å². The second-order valence-electron chi connectivity index (χ2n) is 5.41. The van der Waals surface area contributed by atoms with E-state index >= 15 is 0 Å². The van der Waals surface area contributed by atoms with Crippen molar-refractivity contribution in [2.24, 2.45) is 0 Å². The normalized spacial score (nSPS) is 20.4. The van der Waals surface area contributed by atoms with E-state index in [1.165, 1.54) is 0 Å². The predicted octanol–water partition coefficient (Wildman–Crippen LogP) is 0.924. The van der Waals surface area contributed by atoms with Crippen molar-refractivity contribution in [1.82, 2.24) is 14.8 Å². The van der Waals surface area contributed by atoms with Crippen LogP contribution >= 0.6 is 0 Å². The van der Waals surface area contributed by atoms with Gasteiger partial charge in [0.1, 0.15) is 5.82 Å².